The molecule has 3 nitrogen and oxygen atoms in total. The highest BCUT2D eigenvalue weighted by Crippen LogP contribution is 2.31. The van der Waals surface area contributed by atoms with Crippen LogP contribution in [0.4, 0.5) is 5.82 Å². The summed E-state index contributed by atoms with van der Waals surface area (Å²) in [4.78, 5) is 7.35. The smallest absolute Gasteiger partial charge is 0.129 e. The fraction of sp³-hybridized carbons (Fsp3) is 0.706. The molecule has 1 aliphatic rings. The number of anilines is 1. The van der Waals surface area contributed by atoms with Gasteiger partial charge in [0.1, 0.15) is 5.82 Å². The first kappa shape index (κ1) is 15.3. The molecule has 0 bridgehead atoms. The molecular formula is C17H29N3. The van der Waals surface area contributed by atoms with Crippen molar-refractivity contribution >= 4 is 5.82 Å². The van der Waals surface area contributed by atoms with Gasteiger partial charge in [-0.3, -0.25) is 0 Å². The Morgan fingerprint density at radius 3 is 2.65 bits per heavy atom. The molecule has 0 amide bonds. The second-order valence-electron chi connectivity index (χ2n) is 6.37. The molecule has 1 N–H and O–H groups in total. The van der Waals surface area contributed by atoms with E-state index in [0.717, 1.165) is 31.5 Å². The Hall–Kier alpha value is -1.09. The quantitative estimate of drug-likeness (QED) is 0.736. The SMILES string of the molecule is CCCNCc1ccc(N(CC(C)C)C2CC2)nc1C. The van der Waals surface area contributed by atoms with Crippen LogP contribution >= 0.6 is 0 Å². The third-order valence-electron chi connectivity index (χ3n) is 3.77. The average Bonchev–Trinajstić information content (AvgIpc) is 3.22. The van der Waals surface area contributed by atoms with E-state index in [2.05, 4.69) is 50.0 Å². The summed E-state index contributed by atoms with van der Waals surface area (Å²) in [7, 11) is 0. The third kappa shape index (κ3) is 4.20. The number of nitrogens with one attached hydrogen (secondary N) is 1. The van der Waals surface area contributed by atoms with Gasteiger partial charge in [0.2, 0.25) is 0 Å². The molecule has 0 spiro atoms. The Bertz CT molecular complexity index is 424. The number of aromatic nitrogens is 1. The third-order valence-corrected chi connectivity index (χ3v) is 3.77. The van der Waals surface area contributed by atoms with Gasteiger partial charge in [-0.15, -0.1) is 0 Å². The van der Waals surface area contributed by atoms with E-state index in [-0.39, 0.29) is 0 Å². The standard InChI is InChI=1S/C17H29N3/c1-5-10-18-11-15-6-9-17(19-14(15)4)20(12-13(2)3)16-7-8-16/h6,9,13,16,18H,5,7-8,10-12H2,1-4H3. The maximum Gasteiger partial charge on any atom is 0.129 e. The molecule has 2 rings (SSSR count). The van der Waals surface area contributed by atoms with Gasteiger partial charge in [0.25, 0.3) is 0 Å². The number of hydrogen-bond acceptors (Lipinski definition) is 3. The average molecular weight is 275 g/mol. The highest BCUT2D eigenvalue weighted by Gasteiger charge is 2.30. The summed E-state index contributed by atoms with van der Waals surface area (Å²) in [6.07, 6.45) is 3.83. The second kappa shape index (κ2) is 7.07. The summed E-state index contributed by atoms with van der Waals surface area (Å²) in [5.41, 5.74) is 2.49. The Morgan fingerprint density at radius 1 is 1.35 bits per heavy atom. The molecule has 0 atom stereocenters. The Balaban J connectivity index is 2.06. The number of pyridine rings is 1. The van der Waals surface area contributed by atoms with Crippen LogP contribution in [0.3, 0.4) is 0 Å². The van der Waals surface area contributed by atoms with Gasteiger partial charge in [-0.05, 0) is 50.3 Å². The van der Waals surface area contributed by atoms with Crippen LogP contribution in [0.25, 0.3) is 0 Å². The van der Waals surface area contributed by atoms with Gasteiger partial charge >= 0.3 is 0 Å². The zero-order chi connectivity index (χ0) is 14.5. The molecule has 3 heteroatoms. The minimum atomic E-state index is 0.684. The first-order chi connectivity index (χ1) is 9.61. The molecule has 0 aliphatic heterocycles. The van der Waals surface area contributed by atoms with Crippen LogP contribution in [0.1, 0.15) is 51.3 Å². The van der Waals surface area contributed by atoms with Crippen LogP contribution in [0.2, 0.25) is 0 Å². The Labute approximate surface area is 123 Å². The minimum Gasteiger partial charge on any atom is -0.353 e. The van der Waals surface area contributed by atoms with E-state index in [1.165, 1.54) is 30.5 Å². The van der Waals surface area contributed by atoms with Gasteiger partial charge in [-0.25, -0.2) is 4.98 Å². The summed E-state index contributed by atoms with van der Waals surface area (Å²) in [6.45, 7) is 12.0. The number of nitrogens with zero attached hydrogens (tertiary/aromatic N) is 2. The van der Waals surface area contributed by atoms with Crippen molar-refractivity contribution in [2.75, 3.05) is 18.0 Å². The molecule has 1 aromatic rings. The lowest BCUT2D eigenvalue weighted by Crippen LogP contribution is -2.30. The fourth-order valence-corrected chi connectivity index (χ4v) is 2.53. The maximum atomic E-state index is 4.85. The van der Waals surface area contributed by atoms with E-state index in [0.29, 0.717) is 5.92 Å². The molecule has 20 heavy (non-hydrogen) atoms. The lowest BCUT2D eigenvalue weighted by Gasteiger charge is -2.26. The largest absolute Gasteiger partial charge is 0.353 e. The summed E-state index contributed by atoms with van der Waals surface area (Å²) >= 11 is 0. The van der Waals surface area contributed by atoms with Gasteiger partial charge in [0, 0.05) is 24.8 Å². The monoisotopic (exact) mass is 275 g/mol. The number of aryl methyl sites for hydroxylation is 1. The highest BCUT2D eigenvalue weighted by atomic mass is 15.2. The van der Waals surface area contributed by atoms with E-state index in [1.54, 1.807) is 0 Å². The normalized spacial score (nSPS) is 14.8. The van der Waals surface area contributed by atoms with Crippen LogP contribution in [0, 0.1) is 12.8 Å². The molecule has 0 unspecified atom stereocenters. The van der Waals surface area contributed by atoms with Crippen molar-refractivity contribution in [3.8, 4) is 0 Å². The molecular weight excluding hydrogens is 246 g/mol. The van der Waals surface area contributed by atoms with Crippen molar-refractivity contribution in [3.05, 3.63) is 23.4 Å². The van der Waals surface area contributed by atoms with Crippen molar-refractivity contribution in [2.45, 2.75) is 59.5 Å². The van der Waals surface area contributed by atoms with Crippen molar-refractivity contribution in [2.24, 2.45) is 5.92 Å². The topological polar surface area (TPSA) is 28.2 Å². The number of hydrogen-bond donors (Lipinski definition) is 1. The van der Waals surface area contributed by atoms with Crippen LogP contribution < -0.4 is 10.2 Å². The molecule has 112 valence electrons. The molecule has 1 heterocycles. The maximum absolute atomic E-state index is 4.85. The molecule has 1 fully saturated rings. The van der Waals surface area contributed by atoms with Crippen molar-refractivity contribution in [1.82, 2.24) is 10.3 Å². The Kier molecular flexibility index (Phi) is 5.41. The predicted molar refractivity (Wildman–Crippen MR) is 86.2 cm³/mol. The van der Waals surface area contributed by atoms with Gasteiger partial charge < -0.3 is 10.2 Å². The van der Waals surface area contributed by atoms with E-state index >= 15 is 0 Å². The molecule has 0 saturated heterocycles. The van der Waals surface area contributed by atoms with Gasteiger partial charge in [0.15, 0.2) is 0 Å². The molecule has 0 radical (unpaired) electrons. The molecule has 1 saturated carbocycles. The van der Waals surface area contributed by atoms with Gasteiger partial charge in [-0.2, -0.15) is 0 Å². The fourth-order valence-electron chi connectivity index (χ4n) is 2.53. The first-order valence-electron chi connectivity index (χ1n) is 8.05. The highest BCUT2D eigenvalue weighted by molar-refractivity contribution is 5.44. The van der Waals surface area contributed by atoms with E-state index in [9.17, 15) is 0 Å². The second-order valence-corrected chi connectivity index (χ2v) is 6.37. The predicted octanol–water partition coefficient (Wildman–Crippen LogP) is 3.51. The minimum absolute atomic E-state index is 0.684. The molecule has 0 aromatic carbocycles. The Morgan fingerprint density at radius 2 is 2.10 bits per heavy atom. The first-order valence-corrected chi connectivity index (χ1v) is 8.05. The van der Waals surface area contributed by atoms with Crippen LogP contribution in [0.5, 0.6) is 0 Å². The number of rotatable bonds is 8. The lowest BCUT2D eigenvalue weighted by molar-refractivity contribution is 0.601. The summed E-state index contributed by atoms with van der Waals surface area (Å²) in [5.74, 6) is 1.85. The van der Waals surface area contributed by atoms with Gasteiger partial charge in [0.05, 0.1) is 0 Å². The van der Waals surface area contributed by atoms with Crippen molar-refractivity contribution in [1.29, 1.82) is 0 Å². The van der Waals surface area contributed by atoms with Gasteiger partial charge in [-0.1, -0.05) is 26.8 Å². The van der Waals surface area contributed by atoms with Crippen LogP contribution in [-0.4, -0.2) is 24.1 Å². The van der Waals surface area contributed by atoms with E-state index in [4.69, 9.17) is 4.98 Å². The zero-order valence-electron chi connectivity index (χ0n) is 13.4. The summed E-state index contributed by atoms with van der Waals surface area (Å²) in [5, 5.41) is 3.45. The lowest BCUT2D eigenvalue weighted by atomic mass is 10.1. The van der Waals surface area contributed by atoms with Crippen LogP contribution in [0.15, 0.2) is 12.1 Å². The van der Waals surface area contributed by atoms with Crippen molar-refractivity contribution in [3.63, 3.8) is 0 Å². The molecule has 1 aliphatic carbocycles. The summed E-state index contributed by atoms with van der Waals surface area (Å²) in [6, 6.07) is 5.18. The van der Waals surface area contributed by atoms with Crippen LogP contribution in [-0.2, 0) is 6.54 Å². The van der Waals surface area contributed by atoms with Crippen molar-refractivity contribution < 1.29 is 0 Å². The zero-order valence-corrected chi connectivity index (χ0v) is 13.4. The molecule has 1 aromatic heterocycles. The van der Waals surface area contributed by atoms with E-state index < -0.39 is 0 Å². The van der Waals surface area contributed by atoms with E-state index in [1.807, 2.05) is 0 Å². The summed E-state index contributed by atoms with van der Waals surface area (Å²) < 4.78 is 0.